The number of nitrogens with zero attached hydrogens (tertiary/aromatic N) is 1. The number of ether oxygens (including phenoxy) is 2. The number of thioether (sulfide) groups is 1. The average Bonchev–Trinajstić information content (AvgIpc) is 3.18. The van der Waals surface area contributed by atoms with Crippen molar-refractivity contribution in [3.63, 3.8) is 0 Å². The summed E-state index contributed by atoms with van der Waals surface area (Å²) in [5, 5.41) is 12.8. The Bertz CT molecular complexity index is 1330. The number of hydrogen-bond acceptors (Lipinski definition) is 6. The van der Waals surface area contributed by atoms with Gasteiger partial charge in [0.1, 0.15) is 12.4 Å². The second-order valence-electron chi connectivity index (χ2n) is 7.51. The zero-order valence-corrected chi connectivity index (χ0v) is 21.3. The molecule has 1 amide bonds. The number of carbonyl (C=O) groups is 2. The number of aromatic carboxylic acids is 1. The number of carboxylic acids is 1. The minimum atomic E-state index is -0.998. The highest BCUT2D eigenvalue weighted by Crippen LogP contribution is 2.37. The zero-order valence-electron chi connectivity index (χ0n) is 19.0. The van der Waals surface area contributed by atoms with Gasteiger partial charge in [-0.2, -0.15) is 0 Å². The van der Waals surface area contributed by atoms with Crippen LogP contribution in [0.3, 0.4) is 0 Å². The molecule has 0 saturated carbocycles. The predicted octanol–water partition coefficient (Wildman–Crippen LogP) is 6.56. The van der Waals surface area contributed by atoms with Gasteiger partial charge in [0, 0.05) is 0 Å². The van der Waals surface area contributed by atoms with Gasteiger partial charge in [0.2, 0.25) is 0 Å². The molecule has 0 spiro atoms. The second-order valence-corrected chi connectivity index (χ2v) is 9.36. The summed E-state index contributed by atoms with van der Waals surface area (Å²) in [6.45, 7) is 2.65. The Morgan fingerprint density at radius 1 is 1.06 bits per heavy atom. The number of carbonyl (C=O) groups excluding carboxylic acids is 1. The van der Waals surface area contributed by atoms with Crippen LogP contribution in [0.25, 0.3) is 6.08 Å². The molecule has 7 nitrogen and oxygen atoms in total. The van der Waals surface area contributed by atoms with Crippen LogP contribution in [0, 0.1) is 0 Å². The quantitative estimate of drug-likeness (QED) is 0.313. The lowest BCUT2D eigenvalue weighted by Gasteiger charge is -2.11. The lowest BCUT2D eigenvalue weighted by Crippen LogP contribution is -2.19. The van der Waals surface area contributed by atoms with Crippen LogP contribution in [0.4, 0.5) is 5.69 Å². The maximum Gasteiger partial charge on any atom is 0.335 e. The molecule has 1 heterocycles. The molecule has 0 aliphatic carbocycles. The van der Waals surface area contributed by atoms with Gasteiger partial charge in [0.25, 0.3) is 5.91 Å². The number of aliphatic imine (C=N–C) groups is 1. The summed E-state index contributed by atoms with van der Waals surface area (Å²) < 4.78 is 11.2. The Hall–Kier alpha value is -3.46. The minimum Gasteiger partial charge on any atom is -0.494 e. The Kier molecular flexibility index (Phi) is 8.20. The van der Waals surface area contributed by atoms with Gasteiger partial charge in [-0.25, -0.2) is 9.79 Å². The molecule has 1 saturated heterocycles. The van der Waals surface area contributed by atoms with E-state index < -0.39 is 5.97 Å². The Morgan fingerprint density at radius 2 is 1.72 bits per heavy atom. The topological polar surface area (TPSA) is 97.2 Å². The molecular formula is C26H20Cl2N2O5S. The third-order valence-corrected chi connectivity index (χ3v) is 6.40. The number of halogens is 2. The van der Waals surface area contributed by atoms with Crippen molar-refractivity contribution in [3.8, 4) is 11.5 Å². The van der Waals surface area contributed by atoms with E-state index >= 15 is 0 Å². The molecule has 0 bridgehead atoms. The molecule has 3 aromatic rings. The largest absolute Gasteiger partial charge is 0.494 e. The fraction of sp³-hybridized carbons (Fsp3) is 0.115. The molecule has 1 fully saturated rings. The summed E-state index contributed by atoms with van der Waals surface area (Å²) in [5.74, 6) is -0.226. The summed E-state index contributed by atoms with van der Waals surface area (Å²) in [5.41, 5.74) is 2.27. The molecule has 2 N–H and O–H groups in total. The van der Waals surface area contributed by atoms with Crippen molar-refractivity contribution in [2.75, 3.05) is 6.61 Å². The number of carboxylic acid groups (broad SMARTS) is 1. The Morgan fingerprint density at radius 3 is 2.33 bits per heavy atom. The van der Waals surface area contributed by atoms with E-state index in [9.17, 15) is 9.59 Å². The first-order valence-corrected chi connectivity index (χ1v) is 12.4. The molecule has 184 valence electrons. The molecule has 0 unspecified atom stereocenters. The zero-order chi connectivity index (χ0) is 25.7. The average molecular weight is 543 g/mol. The number of amidine groups is 1. The minimum absolute atomic E-state index is 0.156. The number of hydrogen-bond donors (Lipinski definition) is 2. The van der Waals surface area contributed by atoms with Gasteiger partial charge in [-0.3, -0.25) is 4.79 Å². The van der Waals surface area contributed by atoms with Crippen molar-refractivity contribution in [1.82, 2.24) is 5.32 Å². The number of rotatable bonds is 8. The van der Waals surface area contributed by atoms with Crippen LogP contribution < -0.4 is 14.8 Å². The van der Waals surface area contributed by atoms with Crippen molar-refractivity contribution >= 4 is 63.8 Å². The van der Waals surface area contributed by atoms with Crippen molar-refractivity contribution < 1.29 is 24.2 Å². The summed E-state index contributed by atoms with van der Waals surface area (Å²) >= 11 is 14.0. The van der Waals surface area contributed by atoms with Gasteiger partial charge in [0.05, 0.1) is 32.8 Å². The van der Waals surface area contributed by atoms with Gasteiger partial charge in [-0.05, 0) is 84.4 Å². The summed E-state index contributed by atoms with van der Waals surface area (Å²) in [4.78, 5) is 28.3. The van der Waals surface area contributed by atoms with Crippen LogP contribution in [0.15, 0.2) is 70.6 Å². The standard InChI is InChI=1S/C26H20Cl2N2O5S/c1-2-34-19-9-7-18(8-10-19)29-26-30-24(31)22(36-26)13-16-11-20(27)23(21(28)12-16)35-14-15-3-5-17(6-4-15)25(32)33/h3-13H,2,14H2,1H3,(H,32,33)(H,29,30,31)/b22-13+. The molecule has 1 aliphatic rings. The highest BCUT2D eigenvalue weighted by molar-refractivity contribution is 8.18. The van der Waals surface area contributed by atoms with E-state index in [1.807, 2.05) is 31.2 Å². The first kappa shape index (κ1) is 25.6. The normalized spacial score (nSPS) is 15.2. The van der Waals surface area contributed by atoms with Crippen LogP contribution in [0.5, 0.6) is 11.5 Å². The van der Waals surface area contributed by atoms with Crippen LogP contribution in [0.1, 0.15) is 28.4 Å². The fourth-order valence-corrected chi connectivity index (χ4v) is 4.69. The van der Waals surface area contributed by atoms with E-state index in [0.717, 1.165) is 11.3 Å². The summed E-state index contributed by atoms with van der Waals surface area (Å²) in [6, 6.07) is 16.9. The second kappa shape index (κ2) is 11.5. The van der Waals surface area contributed by atoms with E-state index in [2.05, 4.69) is 10.3 Å². The van der Waals surface area contributed by atoms with E-state index in [1.54, 1.807) is 30.3 Å². The molecule has 10 heteroatoms. The van der Waals surface area contributed by atoms with Gasteiger partial charge in [0.15, 0.2) is 10.9 Å². The number of amides is 1. The highest BCUT2D eigenvalue weighted by atomic mass is 35.5. The van der Waals surface area contributed by atoms with Crippen molar-refractivity contribution in [1.29, 1.82) is 0 Å². The van der Waals surface area contributed by atoms with Gasteiger partial charge < -0.3 is 19.9 Å². The summed E-state index contributed by atoms with van der Waals surface area (Å²) in [6.07, 6.45) is 1.67. The molecule has 0 atom stereocenters. The predicted molar refractivity (Wildman–Crippen MR) is 143 cm³/mol. The maximum absolute atomic E-state index is 12.5. The van der Waals surface area contributed by atoms with E-state index in [0.29, 0.717) is 33.7 Å². The van der Waals surface area contributed by atoms with E-state index in [1.165, 1.54) is 23.9 Å². The molecular weight excluding hydrogens is 523 g/mol. The molecule has 4 rings (SSSR count). The lowest BCUT2D eigenvalue weighted by molar-refractivity contribution is -0.115. The van der Waals surface area contributed by atoms with Crippen LogP contribution in [0.2, 0.25) is 10.0 Å². The van der Waals surface area contributed by atoms with E-state index in [4.69, 9.17) is 37.8 Å². The molecule has 36 heavy (non-hydrogen) atoms. The smallest absolute Gasteiger partial charge is 0.335 e. The van der Waals surface area contributed by atoms with Crippen LogP contribution in [-0.4, -0.2) is 28.8 Å². The van der Waals surface area contributed by atoms with Crippen molar-refractivity contribution in [2.24, 2.45) is 4.99 Å². The third kappa shape index (κ3) is 6.40. The third-order valence-electron chi connectivity index (χ3n) is 4.93. The Labute approximate surface area is 221 Å². The van der Waals surface area contributed by atoms with Gasteiger partial charge in [-0.1, -0.05) is 35.3 Å². The SMILES string of the molecule is CCOc1ccc(N=C2NC(=O)/C(=C\c3cc(Cl)c(OCc4ccc(C(=O)O)cc4)c(Cl)c3)S2)cc1. The number of nitrogens with one attached hydrogen (secondary N) is 1. The molecule has 0 aromatic heterocycles. The molecule has 0 radical (unpaired) electrons. The van der Waals surface area contributed by atoms with Gasteiger partial charge >= 0.3 is 5.97 Å². The first-order valence-electron chi connectivity index (χ1n) is 10.8. The number of benzene rings is 3. The molecule has 1 aliphatic heterocycles. The fourth-order valence-electron chi connectivity index (χ4n) is 3.23. The van der Waals surface area contributed by atoms with E-state index in [-0.39, 0.29) is 28.1 Å². The monoisotopic (exact) mass is 542 g/mol. The van der Waals surface area contributed by atoms with Crippen LogP contribution in [-0.2, 0) is 11.4 Å². The molecule has 3 aromatic carbocycles. The van der Waals surface area contributed by atoms with Gasteiger partial charge in [-0.15, -0.1) is 0 Å². The Balaban J connectivity index is 1.45. The van der Waals surface area contributed by atoms with Crippen molar-refractivity contribution in [3.05, 3.63) is 92.3 Å². The summed E-state index contributed by atoms with van der Waals surface area (Å²) in [7, 11) is 0. The van der Waals surface area contributed by atoms with Crippen LogP contribution >= 0.6 is 35.0 Å². The van der Waals surface area contributed by atoms with Crippen molar-refractivity contribution in [2.45, 2.75) is 13.5 Å². The first-order chi connectivity index (χ1) is 17.3. The lowest BCUT2D eigenvalue weighted by atomic mass is 10.1. The maximum atomic E-state index is 12.5. The highest BCUT2D eigenvalue weighted by Gasteiger charge is 2.24.